The van der Waals surface area contributed by atoms with Gasteiger partial charge in [0.1, 0.15) is 0 Å². The normalized spacial score (nSPS) is 10.2. The molecule has 100 valence electrons. The Morgan fingerprint density at radius 2 is 2.00 bits per heavy atom. The molecule has 0 atom stereocenters. The lowest BCUT2D eigenvalue weighted by Gasteiger charge is -2.00. The van der Waals surface area contributed by atoms with Crippen LogP contribution < -0.4 is 9.42 Å². The number of carbonyl (C=O) groups is 1. The molecule has 2 rings (SSSR count). The average Bonchev–Trinajstić information content (AvgIpc) is 2.88. The second-order valence-electron chi connectivity index (χ2n) is 3.67. The summed E-state index contributed by atoms with van der Waals surface area (Å²) in [4.78, 5) is 11.5. The predicted molar refractivity (Wildman–Crippen MR) is 70.8 cm³/mol. The number of hydrogen-bond acceptors (Lipinski definition) is 5. The van der Waals surface area contributed by atoms with Crippen molar-refractivity contribution in [1.29, 1.82) is 0 Å². The fourth-order valence-electron chi connectivity index (χ4n) is 1.52. The molecule has 6 heteroatoms. The topological polar surface area (TPSA) is 52.3 Å². The molecule has 0 saturated carbocycles. The molecule has 1 aromatic heterocycles. The van der Waals surface area contributed by atoms with Crippen LogP contribution in [0.2, 0.25) is 0 Å². The van der Waals surface area contributed by atoms with Gasteiger partial charge in [-0.1, -0.05) is 0 Å². The highest BCUT2D eigenvalue weighted by atomic mass is 32.1. The first-order valence-electron chi connectivity index (χ1n) is 6.03. The highest BCUT2D eigenvalue weighted by Crippen LogP contribution is 2.14. The molecule has 0 radical (unpaired) electrons. The van der Waals surface area contributed by atoms with Crippen LogP contribution in [0.15, 0.2) is 30.5 Å². The number of nitrogens with zero attached hydrogens (tertiary/aromatic N) is 2. The van der Waals surface area contributed by atoms with Crippen molar-refractivity contribution < 1.29 is 19.0 Å². The van der Waals surface area contributed by atoms with Crippen molar-refractivity contribution in [3.8, 4) is 10.8 Å². The molecule has 1 aromatic carbocycles. The fourth-order valence-corrected chi connectivity index (χ4v) is 2.15. The monoisotopic (exact) mass is 279 g/mol. The minimum Gasteiger partial charge on any atom is -0.479 e. The van der Waals surface area contributed by atoms with Crippen molar-refractivity contribution in [3.63, 3.8) is 0 Å². The fraction of sp³-hybridized carbons (Fsp3) is 0.308. The van der Waals surface area contributed by atoms with E-state index in [0.717, 1.165) is 10.8 Å². The first-order valence-corrected chi connectivity index (χ1v) is 6.81. The summed E-state index contributed by atoms with van der Waals surface area (Å²) in [7, 11) is 0. The van der Waals surface area contributed by atoms with Crippen LogP contribution in [0, 0.1) is 0 Å². The Balaban J connectivity index is 2.15. The number of rotatable bonds is 5. The smallest absolute Gasteiger partial charge is 0.338 e. The van der Waals surface area contributed by atoms with Crippen molar-refractivity contribution >= 4 is 17.5 Å². The minimum atomic E-state index is -0.313. The zero-order valence-electron chi connectivity index (χ0n) is 10.8. The summed E-state index contributed by atoms with van der Waals surface area (Å²) < 4.78 is 16.2. The van der Waals surface area contributed by atoms with Crippen LogP contribution in [-0.2, 0) is 4.74 Å². The van der Waals surface area contributed by atoms with E-state index in [1.807, 2.05) is 25.3 Å². The minimum absolute atomic E-state index is 0.313. The Morgan fingerprint density at radius 3 is 2.63 bits per heavy atom. The van der Waals surface area contributed by atoms with Crippen molar-refractivity contribution in [2.45, 2.75) is 13.8 Å². The van der Waals surface area contributed by atoms with Crippen molar-refractivity contribution in [2.24, 2.45) is 0 Å². The Hall–Kier alpha value is -1.95. The molecular weight excluding hydrogens is 264 g/mol. The van der Waals surface area contributed by atoms with Gasteiger partial charge in [0, 0.05) is 12.1 Å². The van der Waals surface area contributed by atoms with Crippen molar-refractivity contribution in [1.82, 2.24) is 4.49 Å². The van der Waals surface area contributed by atoms with E-state index in [-0.39, 0.29) is 5.97 Å². The summed E-state index contributed by atoms with van der Waals surface area (Å²) in [6.07, 6.45) is 1.81. The molecule has 0 unspecified atom stereocenters. The Morgan fingerprint density at radius 1 is 1.26 bits per heavy atom. The standard InChI is InChI=1S/C13H15N2O3S/c1-3-17-12-9-15(14-19-12)11-7-5-10(6-8-11)13(16)18-4-2/h5-9H,3-4H2,1-2H3/q+1. The molecule has 2 aromatic rings. The molecule has 0 bridgehead atoms. The highest BCUT2D eigenvalue weighted by molar-refractivity contribution is 7.07. The number of carbonyl (C=O) groups excluding carboxylic acids is 1. The van der Waals surface area contributed by atoms with Crippen LogP contribution in [0.25, 0.3) is 5.69 Å². The van der Waals surface area contributed by atoms with E-state index in [4.69, 9.17) is 9.47 Å². The molecule has 1 heterocycles. The van der Waals surface area contributed by atoms with E-state index in [0.29, 0.717) is 18.8 Å². The molecule has 0 N–H and O–H groups in total. The van der Waals surface area contributed by atoms with Gasteiger partial charge in [0.15, 0.2) is 0 Å². The van der Waals surface area contributed by atoms with Gasteiger partial charge in [0.25, 0.3) is 11.3 Å². The van der Waals surface area contributed by atoms with Gasteiger partial charge in [-0.05, 0) is 30.7 Å². The lowest BCUT2D eigenvalue weighted by atomic mass is 10.2. The molecule has 0 aliphatic heterocycles. The Bertz CT molecular complexity index is 551. The third kappa shape index (κ3) is 3.29. The summed E-state index contributed by atoms with van der Waals surface area (Å²) in [5, 5.41) is 0.761. The van der Waals surface area contributed by atoms with Crippen molar-refractivity contribution in [3.05, 3.63) is 36.0 Å². The lowest BCUT2D eigenvalue weighted by molar-refractivity contribution is -0.651. The van der Waals surface area contributed by atoms with Crippen LogP contribution in [0.5, 0.6) is 5.06 Å². The maximum absolute atomic E-state index is 11.5. The number of aromatic nitrogens is 2. The second kappa shape index (κ2) is 6.29. The molecule has 0 amide bonds. The molecule has 19 heavy (non-hydrogen) atoms. The average molecular weight is 279 g/mol. The molecule has 5 nitrogen and oxygen atoms in total. The number of esters is 1. The van der Waals surface area contributed by atoms with Gasteiger partial charge < -0.3 is 9.47 Å². The van der Waals surface area contributed by atoms with Gasteiger partial charge >= 0.3 is 5.97 Å². The predicted octanol–water partition coefficient (Wildman–Crippen LogP) is 2.00. The first kappa shape index (κ1) is 13.5. The maximum atomic E-state index is 11.5. The van der Waals surface area contributed by atoms with Gasteiger partial charge in [0.2, 0.25) is 5.69 Å². The zero-order valence-corrected chi connectivity index (χ0v) is 11.6. The quantitative estimate of drug-likeness (QED) is 0.620. The van der Waals surface area contributed by atoms with Crippen LogP contribution in [0.3, 0.4) is 0 Å². The van der Waals surface area contributed by atoms with Crippen LogP contribution >= 0.6 is 11.5 Å². The molecule has 0 fully saturated rings. The van der Waals surface area contributed by atoms with Crippen molar-refractivity contribution in [2.75, 3.05) is 13.2 Å². The highest BCUT2D eigenvalue weighted by Gasteiger charge is 2.15. The first-order chi connectivity index (χ1) is 9.24. The zero-order chi connectivity index (χ0) is 13.7. The third-order valence-electron chi connectivity index (χ3n) is 2.38. The largest absolute Gasteiger partial charge is 0.479 e. The van der Waals surface area contributed by atoms with E-state index in [9.17, 15) is 4.79 Å². The number of benzene rings is 1. The summed E-state index contributed by atoms with van der Waals surface area (Å²) >= 11 is 1.29. The second-order valence-corrected chi connectivity index (χ2v) is 4.41. The number of hydrogen-bond donors (Lipinski definition) is 0. The summed E-state index contributed by atoms with van der Waals surface area (Å²) in [6.45, 7) is 4.70. The van der Waals surface area contributed by atoms with E-state index in [1.165, 1.54) is 11.5 Å². The van der Waals surface area contributed by atoms with E-state index in [1.54, 1.807) is 23.7 Å². The number of ether oxygens (including phenoxy) is 2. The summed E-state index contributed by atoms with van der Waals surface area (Å²) in [6, 6.07) is 7.09. The van der Waals surface area contributed by atoms with Gasteiger partial charge in [-0.25, -0.2) is 4.79 Å². The molecule has 0 spiro atoms. The molecule has 0 saturated heterocycles. The van der Waals surface area contributed by atoms with Gasteiger partial charge in [-0.3, -0.25) is 0 Å². The van der Waals surface area contributed by atoms with Gasteiger partial charge in [-0.2, -0.15) is 0 Å². The van der Waals surface area contributed by atoms with Gasteiger partial charge in [-0.15, -0.1) is 0 Å². The summed E-state index contributed by atoms with van der Waals surface area (Å²) in [5.41, 5.74) is 1.40. The third-order valence-corrected chi connectivity index (χ3v) is 3.04. The van der Waals surface area contributed by atoms with E-state index < -0.39 is 0 Å². The Kier molecular flexibility index (Phi) is 4.46. The van der Waals surface area contributed by atoms with E-state index in [2.05, 4.69) is 4.49 Å². The molecular formula is C13H15N2O3S+. The van der Waals surface area contributed by atoms with Crippen LogP contribution in [0.4, 0.5) is 0 Å². The molecule has 0 aliphatic rings. The van der Waals surface area contributed by atoms with Crippen LogP contribution in [-0.4, -0.2) is 23.7 Å². The van der Waals surface area contributed by atoms with E-state index >= 15 is 0 Å². The SMILES string of the molecule is CCOC(=O)c1ccc(-[n+]2cc(OCC)sn2)cc1. The Labute approximate surface area is 115 Å². The van der Waals surface area contributed by atoms with Gasteiger partial charge in [0.05, 0.1) is 34.8 Å². The van der Waals surface area contributed by atoms with Crippen LogP contribution in [0.1, 0.15) is 24.2 Å². The molecule has 0 aliphatic carbocycles. The maximum Gasteiger partial charge on any atom is 0.338 e. The lowest BCUT2D eigenvalue weighted by Crippen LogP contribution is -2.30. The summed E-state index contributed by atoms with van der Waals surface area (Å²) in [5.74, 6) is -0.313.